The molecule has 0 spiro atoms. The number of aromatic nitrogens is 1. The summed E-state index contributed by atoms with van der Waals surface area (Å²) in [6.45, 7) is 1.50. The van der Waals surface area contributed by atoms with Crippen LogP contribution >= 0.6 is 0 Å². The Balaban J connectivity index is 2.69. The highest BCUT2D eigenvalue weighted by atomic mass is 19.4. The summed E-state index contributed by atoms with van der Waals surface area (Å²) in [5.74, 6) is -1.75. The molecule has 0 aliphatic rings. The minimum absolute atomic E-state index is 0.0111. The predicted octanol–water partition coefficient (Wildman–Crippen LogP) is 2.43. The summed E-state index contributed by atoms with van der Waals surface area (Å²) in [5.41, 5.74) is -2.85. The van der Waals surface area contributed by atoms with Crippen LogP contribution in [0, 0.1) is 0 Å². The van der Waals surface area contributed by atoms with Gasteiger partial charge in [-0.1, -0.05) is 0 Å². The molecule has 8 heteroatoms. The van der Waals surface area contributed by atoms with Gasteiger partial charge in [0.25, 0.3) is 5.56 Å². The lowest BCUT2D eigenvalue weighted by Gasteiger charge is -2.10. The Morgan fingerprint density at radius 3 is 2.62 bits per heavy atom. The molecule has 5 nitrogen and oxygen atoms in total. The number of ether oxygens (including phenoxy) is 1. The van der Waals surface area contributed by atoms with Gasteiger partial charge in [0, 0.05) is 5.39 Å². The number of halogens is 3. The Labute approximate surface area is 116 Å². The molecule has 0 atom stereocenters. The van der Waals surface area contributed by atoms with E-state index in [4.69, 9.17) is 0 Å². The predicted molar refractivity (Wildman–Crippen MR) is 67.2 cm³/mol. The van der Waals surface area contributed by atoms with Gasteiger partial charge < -0.3 is 14.8 Å². The zero-order valence-corrected chi connectivity index (χ0v) is 10.7. The Hall–Kier alpha value is -2.51. The number of pyridine rings is 1. The number of nitrogens with one attached hydrogen (secondary N) is 1. The van der Waals surface area contributed by atoms with Crippen molar-refractivity contribution in [3.8, 4) is 5.75 Å². The van der Waals surface area contributed by atoms with Gasteiger partial charge in [-0.25, -0.2) is 4.79 Å². The van der Waals surface area contributed by atoms with E-state index in [9.17, 15) is 27.9 Å². The normalized spacial score (nSPS) is 11.6. The molecule has 1 heterocycles. The first kappa shape index (κ1) is 14.9. The van der Waals surface area contributed by atoms with Gasteiger partial charge in [-0.2, -0.15) is 13.2 Å². The largest absolute Gasteiger partial charge is 0.506 e. The number of aromatic hydroxyl groups is 1. The van der Waals surface area contributed by atoms with Gasteiger partial charge in [-0.3, -0.25) is 4.79 Å². The molecule has 2 N–H and O–H groups in total. The van der Waals surface area contributed by atoms with E-state index in [0.29, 0.717) is 6.07 Å². The highest BCUT2D eigenvalue weighted by Gasteiger charge is 2.31. The summed E-state index contributed by atoms with van der Waals surface area (Å²) < 4.78 is 42.4. The van der Waals surface area contributed by atoms with Crippen molar-refractivity contribution in [2.75, 3.05) is 6.61 Å². The maximum atomic E-state index is 12.6. The number of carbonyl (C=O) groups excluding carboxylic acids is 1. The molecule has 21 heavy (non-hydrogen) atoms. The van der Waals surface area contributed by atoms with Gasteiger partial charge >= 0.3 is 12.1 Å². The van der Waals surface area contributed by atoms with Gasteiger partial charge in [0.1, 0.15) is 5.75 Å². The number of benzene rings is 1. The number of fused-ring (bicyclic) bond motifs is 1. The van der Waals surface area contributed by atoms with Crippen molar-refractivity contribution in [1.29, 1.82) is 0 Å². The van der Waals surface area contributed by atoms with E-state index >= 15 is 0 Å². The SMILES string of the molecule is CCOC(=O)c1c(O)c2ccc(C(F)(F)F)cc2[nH]c1=O. The number of rotatable bonds is 2. The van der Waals surface area contributed by atoms with E-state index in [-0.39, 0.29) is 17.5 Å². The average Bonchev–Trinajstić information content (AvgIpc) is 2.37. The van der Waals surface area contributed by atoms with E-state index in [1.54, 1.807) is 0 Å². The van der Waals surface area contributed by atoms with E-state index in [0.717, 1.165) is 12.1 Å². The van der Waals surface area contributed by atoms with Crippen molar-refractivity contribution in [1.82, 2.24) is 4.98 Å². The second kappa shape index (κ2) is 5.12. The average molecular weight is 301 g/mol. The minimum Gasteiger partial charge on any atom is -0.506 e. The summed E-state index contributed by atoms with van der Waals surface area (Å²) in [5, 5.41) is 9.84. The third-order valence-corrected chi connectivity index (χ3v) is 2.79. The van der Waals surface area contributed by atoms with Crippen LogP contribution in [0.2, 0.25) is 0 Å². The van der Waals surface area contributed by atoms with E-state index < -0.39 is 34.6 Å². The van der Waals surface area contributed by atoms with Crippen LogP contribution in [0.4, 0.5) is 13.2 Å². The molecule has 0 unspecified atom stereocenters. The molecule has 0 amide bonds. The number of H-pyrrole nitrogens is 1. The van der Waals surface area contributed by atoms with E-state index in [2.05, 4.69) is 9.72 Å². The lowest BCUT2D eigenvalue weighted by Crippen LogP contribution is -2.20. The number of hydrogen-bond acceptors (Lipinski definition) is 4. The molecular formula is C13H10F3NO4. The third kappa shape index (κ3) is 2.69. The second-order valence-electron chi connectivity index (χ2n) is 4.16. The Kier molecular flexibility index (Phi) is 3.63. The lowest BCUT2D eigenvalue weighted by molar-refractivity contribution is -0.137. The molecule has 0 bridgehead atoms. The molecule has 0 saturated heterocycles. The maximum Gasteiger partial charge on any atom is 0.416 e. The topological polar surface area (TPSA) is 79.4 Å². The van der Waals surface area contributed by atoms with Crippen LogP contribution in [0.1, 0.15) is 22.8 Å². The fourth-order valence-electron chi connectivity index (χ4n) is 1.85. The van der Waals surface area contributed by atoms with Gasteiger partial charge in [0.05, 0.1) is 17.7 Å². The van der Waals surface area contributed by atoms with Crippen molar-refractivity contribution in [3.63, 3.8) is 0 Å². The van der Waals surface area contributed by atoms with Crippen molar-refractivity contribution >= 4 is 16.9 Å². The summed E-state index contributed by atoms with van der Waals surface area (Å²) in [7, 11) is 0. The van der Waals surface area contributed by atoms with Crippen LogP contribution in [-0.2, 0) is 10.9 Å². The number of aromatic amines is 1. The second-order valence-corrected chi connectivity index (χ2v) is 4.16. The zero-order chi connectivity index (χ0) is 15.8. The van der Waals surface area contributed by atoms with Crippen LogP contribution in [0.3, 0.4) is 0 Å². The van der Waals surface area contributed by atoms with Crippen LogP contribution in [0.15, 0.2) is 23.0 Å². The first-order valence-electron chi connectivity index (χ1n) is 5.89. The van der Waals surface area contributed by atoms with Crippen molar-refractivity contribution in [2.24, 2.45) is 0 Å². The highest BCUT2D eigenvalue weighted by molar-refractivity contribution is 5.99. The first-order chi connectivity index (χ1) is 9.75. The number of carbonyl (C=O) groups is 1. The zero-order valence-electron chi connectivity index (χ0n) is 10.7. The van der Waals surface area contributed by atoms with E-state index in [1.165, 1.54) is 6.92 Å². The van der Waals surface area contributed by atoms with E-state index in [1.807, 2.05) is 0 Å². The minimum atomic E-state index is -4.58. The van der Waals surface area contributed by atoms with Crippen LogP contribution in [-0.4, -0.2) is 22.7 Å². The fourth-order valence-corrected chi connectivity index (χ4v) is 1.85. The summed E-state index contributed by atoms with van der Waals surface area (Å²) in [6.07, 6.45) is -4.58. The fraction of sp³-hybridized carbons (Fsp3) is 0.231. The van der Waals surface area contributed by atoms with Crippen molar-refractivity contribution in [2.45, 2.75) is 13.1 Å². The molecular weight excluding hydrogens is 291 g/mol. The maximum absolute atomic E-state index is 12.6. The quantitative estimate of drug-likeness (QED) is 0.835. The molecule has 0 saturated carbocycles. The number of esters is 1. The van der Waals surface area contributed by atoms with Gasteiger partial charge in [0.2, 0.25) is 0 Å². The molecule has 2 aromatic rings. The van der Waals surface area contributed by atoms with Gasteiger partial charge in [-0.15, -0.1) is 0 Å². The third-order valence-electron chi connectivity index (χ3n) is 2.79. The standard InChI is InChI=1S/C13H10F3NO4/c1-2-21-12(20)9-10(18)7-4-3-6(13(14,15)16)5-8(7)17-11(9)19/h3-5H,2H2,1H3,(H2,17,18,19). The molecule has 1 aromatic carbocycles. The summed E-state index contributed by atoms with van der Waals surface area (Å²) in [4.78, 5) is 25.4. The molecule has 0 fully saturated rings. The highest BCUT2D eigenvalue weighted by Crippen LogP contribution is 2.33. The Bertz CT molecular complexity index is 764. The Morgan fingerprint density at radius 1 is 1.38 bits per heavy atom. The lowest BCUT2D eigenvalue weighted by atomic mass is 10.1. The molecule has 0 aliphatic heterocycles. The van der Waals surface area contributed by atoms with Gasteiger partial charge in [0.15, 0.2) is 5.56 Å². The van der Waals surface area contributed by atoms with Crippen molar-refractivity contribution < 1.29 is 27.8 Å². The number of alkyl halides is 3. The molecule has 0 radical (unpaired) electrons. The van der Waals surface area contributed by atoms with Crippen LogP contribution in [0.5, 0.6) is 5.75 Å². The van der Waals surface area contributed by atoms with Crippen molar-refractivity contribution in [3.05, 3.63) is 39.7 Å². The first-order valence-corrected chi connectivity index (χ1v) is 5.89. The smallest absolute Gasteiger partial charge is 0.416 e. The molecule has 1 aromatic heterocycles. The summed E-state index contributed by atoms with van der Waals surface area (Å²) >= 11 is 0. The number of hydrogen-bond donors (Lipinski definition) is 2. The summed E-state index contributed by atoms with van der Waals surface area (Å²) in [6, 6.07) is 2.41. The van der Waals surface area contributed by atoms with Crippen LogP contribution in [0.25, 0.3) is 10.9 Å². The van der Waals surface area contributed by atoms with Crippen LogP contribution < -0.4 is 5.56 Å². The molecule has 2 rings (SSSR count). The Morgan fingerprint density at radius 2 is 2.05 bits per heavy atom. The molecule has 112 valence electrons. The monoisotopic (exact) mass is 301 g/mol. The molecule has 0 aliphatic carbocycles. The van der Waals surface area contributed by atoms with Gasteiger partial charge in [-0.05, 0) is 25.1 Å².